The molecule has 1 rings (SSSR count). The number of nitrogens with zero attached hydrogens (tertiary/aromatic N) is 3. The third-order valence-corrected chi connectivity index (χ3v) is 1.44. The smallest absolute Gasteiger partial charge is 0.208 e. The zero-order chi connectivity index (χ0) is 8.97. The Kier molecular flexibility index (Phi) is 2.93. The summed E-state index contributed by atoms with van der Waals surface area (Å²) in [6.45, 7) is 2.48. The summed E-state index contributed by atoms with van der Waals surface area (Å²) in [6.07, 6.45) is 1.43. The molecule has 0 saturated carbocycles. The van der Waals surface area contributed by atoms with Crippen molar-refractivity contribution in [3.05, 3.63) is 11.9 Å². The molecule has 0 atom stereocenters. The molecule has 5 nitrogen and oxygen atoms in total. The molecule has 0 amide bonds. The van der Waals surface area contributed by atoms with Gasteiger partial charge in [-0.2, -0.15) is 0 Å². The van der Waals surface area contributed by atoms with Crippen molar-refractivity contribution in [1.82, 2.24) is 15.0 Å². The van der Waals surface area contributed by atoms with Crippen LogP contribution in [0.5, 0.6) is 0 Å². The van der Waals surface area contributed by atoms with E-state index in [9.17, 15) is 4.79 Å². The number of carbonyl (C=O) groups excluding carboxylic acids is 1. The Labute approximate surface area is 70.3 Å². The van der Waals surface area contributed by atoms with Gasteiger partial charge in [-0.3, -0.25) is 4.79 Å². The fraction of sp³-hybridized carbons (Fsp3) is 0.571. The molecule has 0 radical (unpaired) electrons. The maximum atomic E-state index is 11.3. The first-order valence-corrected chi connectivity index (χ1v) is 3.71. The maximum Gasteiger partial charge on any atom is 0.208 e. The van der Waals surface area contributed by atoms with Gasteiger partial charge < -0.3 is 4.74 Å². The molecule has 66 valence electrons. The quantitative estimate of drug-likeness (QED) is 0.597. The van der Waals surface area contributed by atoms with Crippen molar-refractivity contribution in [2.24, 2.45) is 7.05 Å². The molecule has 0 bridgehead atoms. The summed E-state index contributed by atoms with van der Waals surface area (Å²) >= 11 is 0. The zero-order valence-electron chi connectivity index (χ0n) is 7.15. The van der Waals surface area contributed by atoms with Gasteiger partial charge in [0, 0.05) is 13.7 Å². The second-order valence-corrected chi connectivity index (χ2v) is 2.30. The van der Waals surface area contributed by atoms with E-state index in [2.05, 4.69) is 10.3 Å². The van der Waals surface area contributed by atoms with Gasteiger partial charge >= 0.3 is 0 Å². The van der Waals surface area contributed by atoms with Crippen LogP contribution in [0.4, 0.5) is 0 Å². The Bertz CT molecular complexity index is 269. The van der Waals surface area contributed by atoms with Crippen molar-refractivity contribution in [3.8, 4) is 0 Å². The van der Waals surface area contributed by atoms with Gasteiger partial charge in [-0.15, -0.1) is 5.10 Å². The van der Waals surface area contributed by atoms with Crippen LogP contribution in [-0.2, 0) is 11.8 Å². The third-order valence-electron chi connectivity index (χ3n) is 1.44. The van der Waals surface area contributed by atoms with Crippen molar-refractivity contribution < 1.29 is 9.53 Å². The number of Topliss-reactive ketones (excluding diaryl/α,β-unsaturated/α-hetero) is 1. The van der Waals surface area contributed by atoms with Crippen molar-refractivity contribution >= 4 is 5.78 Å². The second-order valence-electron chi connectivity index (χ2n) is 2.30. The van der Waals surface area contributed by atoms with Crippen LogP contribution in [0.2, 0.25) is 0 Å². The van der Waals surface area contributed by atoms with Gasteiger partial charge in [-0.25, -0.2) is 4.68 Å². The Balaban J connectivity index is 2.59. The van der Waals surface area contributed by atoms with Gasteiger partial charge in [0.05, 0.1) is 6.20 Å². The van der Waals surface area contributed by atoms with Crippen molar-refractivity contribution in [3.63, 3.8) is 0 Å². The molecule has 0 aromatic carbocycles. The van der Waals surface area contributed by atoms with Gasteiger partial charge in [-0.05, 0) is 6.92 Å². The summed E-state index contributed by atoms with van der Waals surface area (Å²) in [5.41, 5.74) is 0.475. The number of ketones is 1. The van der Waals surface area contributed by atoms with E-state index in [-0.39, 0.29) is 12.4 Å². The first-order valence-electron chi connectivity index (χ1n) is 3.71. The largest absolute Gasteiger partial charge is 0.374 e. The molecule has 1 heterocycles. The summed E-state index contributed by atoms with van der Waals surface area (Å²) in [5, 5.41) is 7.22. The molecular weight excluding hydrogens is 158 g/mol. The molecule has 12 heavy (non-hydrogen) atoms. The lowest BCUT2D eigenvalue weighted by Gasteiger charge is -1.99. The minimum atomic E-state index is -0.0932. The number of ether oxygens (including phenoxy) is 1. The van der Waals surface area contributed by atoms with E-state index in [0.717, 1.165) is 0 Å². The number of aryl methyl sites for hydroxylation is 1. The lowest BCUT2D eigenvalue weighted by atomic mass is 10.3. The minimum Gasteiger partial charge on any atom is -0.374 e. The van der Waals surface area contributed by atoms with Crippen molar-refractivity contribution in [1.29, 1.82) is 0 Å². The third kappa shape index (κ3) is 1.88. The van der Waals surface area contributed by atoms with Crippen molar-refractivity contribution in [2.75, 3.05) is 13.2 Å². The first kappa shape index (κ1) is 8.86. The normalized spacial score (nSPS) is 10.2. The summed E-state index contributed by atoms with van der Waals surface area (Å²) in [5.74, 6) is -0.0932. The van der Waals surface area contributed by atoms with Gasteiger partial charge in [0.2, 0.25) is 5.78 Å². The van der Waals surface area contributed by atoms with Crippen LogP contribution in [0.25, 0.3) is 0 Å². The highest BCUT2D eigenvalue weighted by Crippen LogP contribution is 1.95. The lowest BCUT2D eigenvalue weighted by Crippen LogP contribution is -2.13. The topological polar surface area (TPSA) is 57.0 Å². The molecule has 0 aliphatic heterocycles. The van der Waals surface area contributed by atoms with Crippen LogP contribution in [0.1, 0.15) is 17.4 Å². The minimum absolute atomic E-state index is 0.0932. The fourth-order valence-electron chi connectivity index (χ4n) is 0.811. The van der Waals surface area contributed by atoms with E-state index in [1.165, 1.54) is 10.9 Å². The van der Waals surface area contributed by atoms with Gasteiger partial charge in [0.25, 0.3) is 0 Å². The van der Waals surface area contributed by atoms with E-state index in [1.54, 1.807) is 7.05 Å². The Morgan fingerprint density at radius 3 is 3.00 bits per heavy atom. The lowest BCUT2D eigenvalue weighted by molar-refractivity contribution is 0.0774. The molecule has 0 aliphatic rings. The number of aromatic nitrogens is 3. The highest BCUT2D eigenvalue weighted by atomic mass is 16.5. The highest BCUT2D eigenvalue weighted by Gasteiger charge is 2.09. The van der Waals surface area contributed by atoms with Crippen LogP contribution >= 0.6 is 0 Å². The van der Waals surface area contributed by atoms with Gasteiger partial charge in [-0.1, -0.05) is 5.21 Å². The summed E-state index contributed by atoms with van der Waals surface area (Å²) < 4.78 is 6.39. The molecule has 0 unspecified atom stereocenters. The molecule has 5 heteroatoms. The van der Waals surface area contributed by atoms with Crippen LogP contribution in [-0.4, -0.2) is 34.0 Å². The average molecular weight is 169 g/mol. The highest BCUT2D eigenvalue weighted by molar-refractivity contribution is 5.95. The average Bonchev–Trinajstić information content (AvgIpc) is 2.47. The summed E-state index contributed by atoms with van der Waals surface area (Å²) in [4.78, 5) is 11.3. The number of hydrogen-bond acceptors (Lipinski definition) is 4. The number of hydrogen-bond donors (Lipinski definition) is 0. The standard InChI is InChI=1S/C7H11N3O2/c1-3-12-5-7(11)6-4-8-9-10(6)2/h4H,3,5H2,1-2H3. The molecule has 0 spiro atoms. The van der Waals surface area contributed by atoms with E-state index in [4.69, 9.17) is 4.74 Å². The van der Waals surface area contributed by atoms with Crippen molar-refractivity contribution in [2.45, 2.75) is 6.92 Å². The van der Waals surface area contributed by atoms with Crippen LogP contribution in [0, 0.1) is 0 Å². The van der Waals surface area contributed by atoms with E-state index < -0.39 is 0 Å². The molecule has 1 aromatic heterocycles. The Hall–Kier alpha value is -1.23. The molecule has 0 N–H and O–H groups in total. The summed E-state index contributed by atoms with van der Waals surface area (Å²) in [7, 11) is 1.67. The SMILES string of the molecule is CCOCC(=O)c1cnnn1C. The van der Waals surface area contributed by atoms with Gasteiger partial charge in [0.1, 0.15) is 12.3 Å². The van der Waals surface area contributed by atoms with E-state index >= 15 is 0 Å². The predicted octanol–water partition coefficient (Wildman–Crippen LogP) is 0.0343. The summed E-state index contributed by atoms with van der Waals surface area (Å²) in [6, 6.07) is 0. The predicted molar refractivity (Wildman–Crippen MR) is 41.8 cm³/mol. The molecule has 1 aromatic rings. The maximum absolute atomic E-state index is 11.3. The molecule has 0 aliphatic carbocycles. The molecular formula is C7H11N3O2. The van der Waals surface area contributed by atoms with Crippen LogP contribution in [0.15, 0.2) is 6.20 Å². The molecule has 0 fully saturated rings. The first-order chi connectivity index (χ1) is 5.75. The molecule has 0 saturated heterocycles. The Morgan fingerprint density at radius 1 is 1.75 bits per heavy atom. The van der Waals surface area contributed by atoms with E-state index in [0.29, 0.717) is 12.3 Å². The zero-order valence-corrected chi connectivity index (χ0v) is 7.15. The van der Waals surface area contributed by atoms with Gasteiger partial charge in [0.15, 0.2) is 0 Å². The number of carbonyl (C=O) groups is 1. The second kappa shape index (κ2) is 3.96. The Morgan fingerprint density at radius 2 is 2.50 bits per heavy atom. The monoisotopic (exact) mass is 169 g/mol. The fourth-order valence-corrected chi connectivity index (χ4v) is 0.811. The van der Waals surface area contributed by atoms with Crippen LogP contribution in [0.3, 0.4) is 0 Å². The van der Waals surface area contributed by atoms with E-state index in [1.807, 2.05) is 6.92 Å². The van der Waals surface area contributed by atoms with Crippen LogP contribution < -0.4 is 0 Å². The number of rotatable bonds is 4.